The van der Waals surface area contributed by atoms with Crippen LogP contribution in [0.15, 0.2) is 18.3 Å². The molecule has 0 spiro atoms. The van der Waals surface area contributed by atoms with Crippen LogP contribution in [0.3, 0.4) is 0 Å². The predicted octanol–water partition coefficient (Wildman–Crippen LogP) is 0.471. The molecule has 2 rings (SSSR count). The molecule has 1 amide bonds. The molecular weight excluding hydrogens is 258 g/mol. The summed E-state index contributed by atoms with van der Waals surface area (Å²) in [5, 5.41) is 23.1. The summed E-state index contributed by atoms with van der Waals surface area (Å²) in [5.41, 5.74) is -0.552. The number of β-amino-alcohol motifs (C(OH)–C–C–N with tert-alkyl or cyclic N) is 1. The van der Waals surface area contributed by atoms with Crippen LogP contribution in [0, 0.1) is 0 Å². The van der Waals surface area contributed by atoms with Crippen LogP contribution in [-0.2, 0) is 0 Å². The number of amides is 1. The third-order valence-corrected chi connectivity index (χ3v) is 3.99. The second-order valence-electron chi connectivity index (χ2n) is 5.15. The second-order valence-corrected chi connectivity index (χ2v) is 5.15. The highest BCUT2D eigenvalue weighted by Crippen LogP contribution is 2.26. The van der Waals surface area contributed by atoms with Crippen molar-refractivity contribution in [1.82, 2.24) is 9.88 Å². The van der Waals surface area contributed by atoms with E-state index >= 15 is 0 Å². The van der Waals surface area contributed by atoms with Crippen molar-refractivity contribution in [2.24, 2.45) is 0 Å². The van der Waals surface area contributed by atoms with Gasteiger partial charge in [0.25, 0.3) is 5.91 Å². The number of nitrogens with one attached hydrogen (secondary N) is 1. The summed E-state index contributed by atoms with van der Waals surface area (Å²) in [6.07, 6.45) is 1.54. The van der Waals surface area contributed by atoms with E-state index in [0.717, 1.165) is 0 Å². The van der Waals surface area contributed by atoms with Crippen LogP contribution in [0.5, 0.6) is 0 Å². The van der Waals surface area contributed by atoms with Gasteiger partial charge in [-0.15, -0.1) is 0 Å². The highest BCUT2D eigenvalue weighted by atomic mass is 16.3. The number of aliphatic hydroxyl groups is 2. The van der Waals surface area contributed by atoms with E-state index in [2.05, 4.69) is 10.3 Å². The number of likely N-dealkylation sites (tertiary alicyclic amines) is 1. The number of anilines is 1. The molecule has 1 saturated heterocycles. The standard InChI is InChI=1S/C14H21N3O3/c1-3-14(20)5-7-17(9-11(14)18)13(19)10-4-6-16-12(8-10)15-2/h4,6,8,11,18,20H,3,5,7,9H2,1-2H3,(H,15,16)/t11-,14-/m1/s1. The molecule has 2 atom stereocenters. The SMILES string of the molecule is CC[C@@]1(O)CCN(C(=O)c2ccnc(NC)c2)C[C@H]1O. The molecule has 20 heavy (non-hydrogen) atoms. The lowest BCUT2D eigenvalue weighted by atomic mass is 9.86. The molecule has 110 valence electrons. The number of aliphatic hydroxyl groups excluding tert-OH is 1. The van der Waals surface area contributed by atoms with E-state index in [1.807, 2.05) is 6.92 Å². The first-order valence-electron chi connectivity index (χ1n) is 6.83. The van der Waals surface area contributed by atoms with Gasteiger partial charge in [-0.25, -0.2) is 4.98 Å². The zero-order valence-corrected chi connectivity index (χ0v) is 11.8. The average Bonchev–Trinajstić information content (AvgIpc) is 2.49. The Morgan fingerprint density at radius 1 is 1.65 bits per heavy atom. The van der Waals surface area contributed by atoms with Gasteiger partial charge in [-0.05, 0) is 25.0 Å². The van der Waals surface area contributed by atoms with Gasteiger partial charge < -0.3 is 20.4 Å². The number of carbonyl (C=O) groups is 1. The van der Waals surface area contributed by atoms with Gasteiger partial charge in [0.05, 0.1) is 5.60 Å². The van der Waals surface area contributed by atoms with Gasteiger partial charge in [-0.2, -0.15) is 0 Å². The van der Waals surface area contributed by atoms with Crippen molar-refractivity contribution >= 4 is 11.7 Å². The van der Waals surface area contributed by atoms with Gasteiger partial charge >= 0.3 is 0 Å². The Morgan fingerprint density at radius 3 is 3.00 bits per heavy atom. The van der Waals surface area contributed by atoms with E-state index in [1.165, 1.54) is 0 Å². The minimum atomic E-state index is -1.08. The monoisotopic (exact) mass is 279 g/mol. The van der Waals surface area contributed by atoms with Gasteiger partial charge in [0.1, 0.15) is 11.9 Å². The van der Waals surface area contributed by atoms with E-state index in [1.54, 1.807) is 30.3 Å². The summed E-state index contributed by atoms with van der Waals surface area (Å²) >= 11 is 0. The summed E-state index contributed by atoms with van der Waals surface area (Å²) < 4.78 is 0. The molecule has 0 aliphatic carbocycles. The Labute approximate surface area is 118 Å². The largest absolute Gasteiger partial charge is 0.388 e. The van der Waals surface area contributed by atoms with Crippen molar-refractivity contribution in [3.05, 3.63) is 23.9 Å². The fourth-order valence-corrected chi connectivity index (χ4v) is 2.44. The van der Waals surface area contributed by atoms with Gasteiger partial charge in [0.15, 0.2) is 0 Å². The van der Waals surface area contributed by atoms with Crippen molar-refractivity contribution in [3.8, 4) is 0 Å². The first-order valence-corrected chi connectivity index (χ1v) is 6.83. The third kappa shape index (κ3) is 2.76. The van der Waals surface area contributed by atoms with Crippen molar-refractivity contribution < 1.29 is 15.0 Å². The minimum Gasteiger partial charge on any atom is -0.388 e. The zero-order valence-electron chi connectivity index (χ0n) is 11.8. The highest BCUT2D eigenvalue weighted by Gasteiger charge is 2.40. The van der Waals surface area contributed by atoms with Crippen LogP contribution in [0.4, 0.5) is 5.82 Å². The Kier molecular flexibility index (Phi) is 4.25. The Morgan fingerprint density at radius 2 is 2.40 bits per heavy atom. The second kappa shape index (κ2) is 5.76. The van der Waals surface area contributed by atoms with E-state index in [0.29, 0.717) is 30.8 Å². The topological polar surface area (TPSA) is 85.7 Å². The molecule has 0 radical (unpaired) electrons. The quantitative estimate of drug-likeness (QED) is 0.749. The summed E-state index contributed by atoms with van der Waals surface area (Å²) in [6.45, 7) is 2.43. The Balaban J connectivity index is 2.11. The van der Waals surface area contributed by atoms with Crippen LogP contribution < -0.4 is 5.32 Å². The number of nitrogens with zero attached hydrogens (tertiary/aromatic N) is 2. The summed E-state index contributed by atoms with van der Waals surface area (Å²) in [5.74, 6) is 0.472. The molecule has 6 heteroatoms. The van der Waals surface area contributed by atoms with Crippen molar-refractivity contribution in [2.75, 3.05) is 25.5 Å². The molecule has 1 aromatic heterocycles. The number of piperidine rings is 1. The van der Waals surface area contributed by atoms with E-state index in [4.69, 9.17) is 0 Å². The van der Waals surface area contributed by atoms with Crippen LogP contribution in [0.2, 0.25) is 0 Å². The van der Waals surface area contributed by atoms with E-state index in [9.17, 15) is 15.0 Å². The minimum absolute atomic E-state index is 0.152. The van der Waals surface area contributed by atoms with Crippen LogP contribution in [0.25, 0.3) is 0 Å². The normalized spacial score (nSPS) is 26.4. The van der Waals surface area contributed by atoms with Gasteiger partial charge in [0, 0.05) is 31.9 Å². The lowest BCUT2D eigenvalue weighted by Gasteiger charge is -2.41. The molecule has 1 aliphatic heterocycles. The molecule has 1 aromatic rings. The molecule has 0 unspecified atom stereocenters. The third-order valence-electron chi connectivity index (χ3n) is 3.99. The van der Waals surface area contributed by atoms with Crippen LogP contribution in [0.1, 0.15) is 30.1 Å². The summed E-state index contributed by atoms with van der Waals surface area (Å²) in [4.78, 5) is 18.0. The molecule has 2 heterocycles. The average molecular weight is 279 g/mol. The van der Waals surface area contributed by atoms with Gasteiger partial charge in [-0.3, -0.25) is 4.79 Å². The number of hydrogen-bond acceptors (Lipinski definition) is 5. The fraction of sp³-hybridized carbons (Fsp3) is 0.571. The van der Waals surface area contributed by atoms with Gasteiger partial charge in [-0.1, -0.05) is 6.92 Å². The fourth-order valence-electron chi connectivity index (χ4n) is 2.44. The van der Waals surface area contributed by atoms with E-state index in [-0.39, 0.29) is 12.5 Å². The number of hydrogen-bond donors (Lipinski definition) is 3. The maximum absolute atomic E-state index is 12.4. The predicted molar refractivity (Wildman–Crippen MR) is 75.6 cm³/mol. The molecule has 3 N–H and O–H groups in total. The number of carbonyl (C=O) groups excluding carboxylic acids is 1. The summed E-state index contributed by atoms with van der Waals surface area (Å²) in [6, 6.07) is 3.32. The number of aromatic nitrogens is 1. The molecule has 1 fully saturated rings. The van der Waals surface area contributed by atoms with Gasteiger partial charge in [0.2, 0.25) is 0 Å². The maximum Gasteiger partial charge on any atom is 0.254 e. The van der Waals surface area contributed by atoms with Crippen molar-refractivity contribution in [3.63, 3.8) is 0 Å². The zero-order chi connectivity index (χ0) is 14.8. The lowest BCUT2D eigenvalue weighted by molar-refractivity contribution is -0.114. The first-order chi connectivity index (χ1) is 9.50. The molecular formula is C14H21N3O3. The summed E-state index contributed by atoms with van der Waals surface area (Å²) in [7, 11) is 1.74. The Bertz CT molecular complexity index is 494. The molecule has 0 aromatic carbocycles. The first kappa shape index (κ1) is 14.7. The Hall–Kier alpha value is -1.66. The molecule has 0 saturated carbocycles. The molecule has 1 aliphatic rings. The maximum atomic E-state index is 12.4. The molecule has 0 bridgehead atoms. The highest BCUT2D eigenvalue weighted by molar-refractivity contribution is 5.94. The molecule has 6 nitrogen and oxygen atoms in total. The number of rotatable bonds is 3. The van der Waals surface area contributed by atoms with Crippen LogP contribution >= 0.6 is 0 Å². The van der Waals surface area contributed by atoms with E-state index < -0.39 is 11.7 Å². The van der Waals surface area contributed by atoms with Crippen LogP contribution in [-0.4, -0.2) is 57.8 Å². The van der Waals surface area contributed by atoms with Crippen molar-refractivity contribution in [1.29, 1.82) is 0 Å². The van der Waals surface area contributed by atoms with Crippen molar-refractivity contribution in [2.45, 2.75) is 31.5 Å². The number of pyridine rings is 1. The smallest absolute Gasteiger partial charge is 0.254 e. The lowest BCUT2D eigenvalue weighted by Crippen LogP contribution is -2.56.